The number of carbonyl (C=O) groups is 4. The molecule has 1 aliphatic carbocycles. The van der Waals surface area contributed by atoms with Gasteiger partial charge in [0.15, 0.2) is 6.29 Å². The highest BCUT2D eigenvalue weighted by Crippen LogP contribution is 2.25. The fourth-order valence-electron chi connectivity index (χ4n) is 4.33. The molecule has 3 amide bonds. The molecule has 0 aliphatic heterocycles. The minimum absolute atomic E-state index is 0.00981. The van der Waals surface area contributed by atoms with Gasteiger partial charge in [0.1, 0.15) is 11.9 Å². The van der Waals surface area contributed by atoms with E-state index in [1.165, 1.54) is 6.07 Å². The highest BCUT2D eigenvalue weighted by atomic mass is 19.1. The van der Waals surface area contributed by atoms with Crippen LogP contribution < -0.4 is 16.0 Å². The number of phenols is 1. The van der Waals surface area contributed by atoms with E-state index in [0.29, 0.717) is 30.4 Å². The molecule has 0 radical (unpaired) electrons. The summed E-state index contributed by atoms with van der Waals surface area (Å²) in [5, 5.41) is 16.9. The van der Waals surface area contributed by atoms with E-state index >= 15 is 0 Å². The molecular formula is C42H47FN4O5. The zero-order valence-corrected chi connectivity index (χ0v) is 30.2. The highest BCUT2D eigenvalue weighted by Gasteiger charge is 2.38. The van der Waals surface area contributed by atoms with Crippen LogP contribution in [0.1, 0.15) is 71.5 Å². The Bertz CT molecular complexity index is 1830. The Balaban J connectivity index is 0.000000230. The number of para-hydroxylation sites is 1. The Morgan fingerprint density at radius 1 is 0.712 bits per heavy atom. The van der Waals surface area contributed by atoms with Gasteiger partial charge in [0.25, 0.3) is 17.7 Å². The molecule has 52 heavy (non-hydrogen) atoms. The largest absolute Gasteiger partial charge is 0.507 e. The Morgan fingerprint density at radius 3 is 1.50 bits per heavy atom. The third-order valence-corrected chi connectivity index (χ3v) is 7.39. The average molecular weight is 707 g/mol. The van der Waals surface area contributed by atoms with E-state index in [4.69, 9.17) is 5.11 Å². The molecular weight excluding hydrogens is 659 g/mol. The summed E-state index contributed by atoms with van der Waals surface area (Å²) in [6.45, 7) is 8.31. The number of alkyl halides is 1. The molecule has 272 valence electrons. The molecule has 6 rings (SSSR count). The summed E-state index contributed by atoms with van der Waals surface area (Å²) < 4.78 is 12.5. The summed E-state index contributed by atoms with van der Waals surface area (Å²) in [5.74, 6) is -0.153. The van der Waals surface area contributed by atoms with Gasteiger partial charge in [-0.15, -0.1) is 0 Å². The van der Waals surface area contributed by atoms with Crippen molar-refractivity contribution in [1.82, 2.24) is 20.9 Å². The van der Waals surface area contributed by atoms with E-state index in [1.54, 1.807) is 43.7 Å². The van der Waals surface area contributed by atoms with Crippen LogP contribution >= 0.6 is 0 Å². The van der Waals surface area contributed by atoms with Gasteiger partial charge < -0.3 is 21.1 Å². The van der Waals surface area contributed by atoms with Gasteiger partial charge in [0, 0.05) is 49.1 Å². The smallest absolute Gasteiger partial charge is 0.251 e. The lowest BCUT2D eigenvalue weighted by Gasteiger charge is -2.05. The second-order valence-electron chi connectivity index (χ2n) is 11.4. The van der Waals surface area contributed by atoms with Gasteiger partial charge >= 0.3 is 0 Å². The lowest BCUT2D eigenvalue weighted by molar-refractivity contribution is 0.0941. The van der Waals surface area contributed by atoms with Crippen molar-refractivity contribution >= 4 is 24.0 Å². The Hall–Kier alpha value is -6.16. The van der Waals surface area contributed by atoms with E-state index in [2.05, 4.69) is 20.9 Å². The standard InChI is InChI=1S/C11H12FNO.C10H13NO.C9H11NO.C7H6O2.C5H5N/c1-7-4-2-3-5-8(7)11(14)13-10-6-9(10)12;1-3-11-10(12)9-7-5-4-6-8(9)2;1-7-5-3-4-6-8(7)9(11)10-2;8-5-6-3-1-2-4-7(6)9;1-2-4-6-5-3-1/h2-5,9-10H,6H2,1H3,(H,13,14);4-7H,3H2,1-2H3,(H,11,12);3-6H,1-2H3,(H,10,11);1-5,9H;1-5H/t9-,10-;;;;/m0..../s1. The van der Waals surface area contributed by atoms with E-state index in [9.17, 15) is 23.6 Å². The number of hydrogen-bond donors (Lipinski definition) is 4. The Kier molecular flexibility index (Phi) is 18.8. The number of hydrogen-bond acceptors (Lipinski definition) is 6. The molecule has 0 bridgehead atoms. The first-order chi connectivity index (χ1) is 25.0. The maximum atomic E-state index is 12.5. The molecule has 0 spiro atoms. The molecule has 0 saturated heterocycles. The molecule has 1 saturated carbocycles. The van der Waals surface area contributed by atoms with Gasteiger partial charge in [0.05, 0.1) is 11.6 Å². The number of aldehydes is 1. The van der Waals surface area contributed by atoms with E-state index in [-0.39, 0.29) is 29.5 Å². The Morgan fingerprint density at radius 2 is 1.15 bits per heavy atom. The summed E-state index contributed by atoms with van der Waals surface area (Å²) in [4.78, 5) is 47.9. The summed E-state index contributed by atoms with van der Waals surface area (Å²) in [7, 11) is 1.63. The number of aromatic nitrogens is 1. The predicted molar refractivity (Wildman–Crippen MR) is 203 cm³/mol. The van der Waals surface area contributed by atoms with E-state index in [0.717, 1.165) is 27.8 Å². The van der Waals surface area contributed by atoms with Crippen molar-refractivity contribution in [2.24, 2.45) is 0 Å². The normalized spacial score (nSPS) is 13.2. The van der Waals surface area contributed by atoms with Crippen LogP contribution in [0.15, 0.2) is 128 Å². The molecule has 0 unspecified atom stereocenters. The third kappa shape index (κ3) is 15.2. The minimum Gasteiger partial charge on any atom is -0.507 e. The van der Waals surface area contributed by atoms with E-state index < -0.39 is 6.17 Å². The second-order valence-corrected chi connectivity index (χ2v) is 11.4. The lowest BCUT2D eigenvalue weighted by atomic mass is 10.1. The number of amides is 3. The molecule has 1 aromatic heterocycles. The summed E-state index contributed by atoms with van der Waals surface area (Å²) in [6, 6.07) is 34.2. The number of pyridine rings is 1. The lowest BCUT2D eigenvalue weighted by Crippen LogP contribution is -2.27. The van der Waals surface area contributed by atoms with Gasteiger partial charge in [-0.05, 0) is 86.8 Å². The van der Waals surface area contributed by atoms with Gasteiger partial charge in [-0.2, -0.15) is 0 Å². The SMILES string of the molecule is CCNC(=O)c1ccccc1C.CNC(=O)c1ccccc1C.Cc1ccccc1C(=O)N[C@H]1C[C@@H]1F.O=Cc1ccccc1O.c1ccncc1. The number of halogens is 1. The molecule has 1 aliphatic rings. The van der Waals surface area contributed by atoms with Crippen LogP contribution in [-0.4, -0.2) is 59.9 Å². The second kappa shape index (κ2) is 23.3. The van der Waals surface area contributed by atoms with Crippen molar-refractivity contribution in [3.63, 3.8) is 0 Å². The van der Waals surface area contributed by atoms with Crippen molar-refractivity contribution in [2.45, 2.75) is 46.3 Å². The van der Waals surface area contributed by atoms with Gasteiger partial charge in [-0.3, -0.25) is 24.2 Å². The Labute approximate surface area is 305 Å². The van der Waals surface area contributed by atoms with Crippen molar-refractivity contribution < 1.29 is 28.7 Å². The predicted octanol–water partition coefficient (Wildman–Crippen LogP) is 7.22. The van der Waals surface area contributed by atoms with Crippen molar-refractivity contribution in [2.75, 3.05) is 13.6 Å². The van der Waals surface area contributed by atoms with Crippen LogP contribution in [0.4, 0.5) is 4.39 Å². The molecule has 5 aromatic rings. The monoisotopic (exact) mass is 706 g/mol. The first-order valence-electron chi connectivity index (χ1n) is 16.7. The molecule has 10 heteroatoms. The van der Waals surface area contributed by atoms with Crippen molar-refractivity contribution in [1.29, 1.82) is 0 Å². The van der Waals surface area contributed by atoms with Crippen LogP contribution in [0.3, 0.4) is 0 Å². The van der Waals surface area contributed by atoms with Gasteiger partial charge in [-0.1, -0.05) is 72.8 Å². The third-order valence-electron chi connectivity index (χ3n) is 7.39. The molecule has 4 aromatic carbocycles. The number of aromatic hydroxyl groups is 1. The number of nitrogens with zero attached hydrogens (tertiary/aromatic N) is 1. The maximum Gasteiger partial charge on any atom is 0.251 e. The number of phenolic OH excluding ortho intramolecular Hbond substituents is 1. The van der Waals surface area contributed by atoms with Crippen LogP contribution in [0.5, 0.6) is 5.75 Å². The van der Waals surface area contributed by atoms with Gasteiger partial charge in [-0.25, -0.2) is 4.39 Å². The summed E-state index contributed by atoms with van der Waals surface area (Å²) in [6.07, 6.45) is 3.73. The fraction of sp³-hybridized carbons (Fsp3) is 0.214. The summed E-state index contributed by atoms with van der Waals surface area (Å²) >= 11 is 0. The van der Waals surface area contributed by atoms with E-state index in [1.807, 2.05) is 113 Å². The number of nitrogens with one attached hydrogen (secondary N) is 3. The van der Waals surface area contributed by atoms with Gasteiger partial charge in [0.2, 0.25) is 0 Å². The highest BCUT2D eigenvalue weighted by molar-refractivity contribution is 5.96. The number of aryl methyl sites for hydroxylation is 3. The maximum absolute atomic E-state index is 12.5. The van der Waals surface area contributed by atoms with Crippen LogP contribution in [0, 0.1) is 20.8 Å². The molecule has 4 N–H and O–H groups in total. The summed E-state index contributed by atoms with van der Waals surface area (Å²) in [5.41, 5.74) is 5.41. The van der Waals surface area contributed by atoms with Crippen LogP contribution in [0.25, 0.3) is 0 Å². The molecule has 1 heterocycles. The van der Waals surface area contributed by atoms with Crippen molar-refractivity contribution in [3.8, 4) is 5.75 Å². The number of benzene rings is 4. The molecule has 9 nitrogen and oxygen atoms in total. The van der Waals surface area contributed by atoms with Crippen molar-refractivity contribution in [3.05, 3.63) is 167 Å². The first kappa shape index (κ1) is 42.0. The number of rotatable bonds is 6. The number of carbonyl (C=O) groups excluding carboxylic acids is 4. The topological polar surface area (TPSA) is 137 Å². The zero-order chi connectivity index (χ0) is 38.3. The minimum atomic E-state index is -0.844. The zero-order valence-electron chi connectivity index (χ0n) is 30.2. The molecule has 1 fully saturated rings. The van der Waals surface area contributed by atoms with Crippen LogP contribution in [0.2, 0.25) is 0 Å². The van der Waals surface area contributed by atoms with Crippen LogP contribution in [-0.2, 0) is 0 Å². The quantitative estimate of drug-likeness (QED) is 0.138. The fourth-order valence-corrected chi connectivity index (χ4v) is 4.33. The first-order valence-corrected chi connectivity index (χ1v) is 16.7. The average Bonchev–Trinajstić information content (AvgIpc) is 3.87. The molecule has 2 atom stereocenters.